The van der Waals surface area contributed by atoms with Crippen molar-refractivity contribution in [3.8, 4) is 12.3 Å². The molecule has 94 valence electrons. The summed E-state index contributed by atoms with van der Waals surface area (Å²) in [6.45, 7) is 7.23. The zero-order chi connectivity index (χ0) is 12.3. The lowest BCUT2D eigenvalue weighted by atomic mass is 10.1. The van der Waals surface area contributed by atoms with Crippen molar-refractivity contribution in [2.24, 2.45) is 0 Å². The Balaban J connectivity index is 3.02. The second-order valence-electron chi connectivity index (χ2n) is 5.39. The van der Waals surface area contributed by atoms with Crippen LogP contribution in [-0.4, -0.2) is 12.2 Å². The first-order chi connectivity index (χ1) is 7.56. The fourth-order valence-electron chi connectivity index (χ4n) is 1.59. The van der Waals surface area contributed by atoms with Gasteiger partial charge in [-0.05, 0) is 33.6 Å². The summed E-state index contributed by atoms with van der Waals surface area (Å²) in [7, 11) is 0. The van der Waals surface area contributed by atoms with Gasteiger partial charge in [0.25, 0.3) is 0 Å². The molecule has 0 saturated heterocycles. The van der Waals surface area contributed by atoms with E-state index in [9.17, 15) is 0 Å². The third-order valence-electron chi connectivity index (χ3n) is 2.50. The molecule has 0 saturated carbocycles. The van der Waals surface area contributed by atoms with E-state index in [1.165, 1.54) is 44.9 Å². The van der Waals surface area contributed by atoms with E-state index in [0.29, 0.717) is 0 Å². The summed E-state index contributed by atoms with van der Waals surface area (Å²) in [4.78, 5) is 0. The number of hydrogen-bond donors (Lipinski definition) is 0. The predicted molar refractivity (Wildman–Crippen MR) is 71.5 cm³/mol. The van der Waals surface area contributed by atoms with E-state index in [1.54, 1.807) is 0 Å². The maximum absolute atomic E-state index is 5.67. The molecule has 0 amide bonds. The van der Waals surface area contributed by atoms with Crippen LogP contribution in [-0.2, 0) is 4.74 Å². The van der Waals surface area contributed by atoms with Crippen LogP contribution in [0.4, 0.5) is 0 Å². The van der Waals surface area contributed by atoms with Gasteiger partial charge in [-0.1, -0.05) is 32.1 Å². The highest BCUT2D eigenvalue weighted by molar-refractivity contribution is 4.82. The predicted octanol–water partition coefficient (Wildman–Crippen LogP) is 4.56. The van der Waals surface area contributed by atoms with Crippen LogP contribution in [0.25, 0.3) is 0 Å². The molecular weight excluding hydrogens is 196 g/mol. The molecule has 0 aliphatic heterocycles. The average molecular weight is 224 g/mol. The summed E-state index contributed by atoms with van der Waals surface area (Å²) in [5.74, 6) is 2.68. The molecule has 0 N–H and O–H groups in total. The average Bonchev–Trinajstić information content (AvgIpc) is 2.19. The van der Waals surface area contributed by atoms with Crippen LogP contribution < -0.4 is 0 Å². The Kier molecular flexibility index (Phi) is 9.43. The molecule has 0 unspecified atom stereocenters. The van der Waals surface area contributed by atoms with E-state index in [1.807, 2.05) is 0 Å². The zero-order valence-corrected chi connectivity index (χ0v) is 11.3. The maximum atomic E-state index is 5.67. The first-order valence-electron chi connectivity index (χ1n) is 6.64. The van der Waals surface area contributed by atoms with Gasteiger partial charge in [0.05, 0.1) is 5.60 Å². The quantitative estimate of drug-likeness (QED) is 0.412. The van der Waals surface area contributed by atoms with E-state index < -0.39 is 0 Å². The van der Waals surface area contributed by atoms with E-state index in [2.05, 4.69) is 26.7 Å². The number of terminal acetylenes is 1. The molecule has 0 aromatic heterocycles. The Morgan fingerprint density at radius 2 is 1.38 bits per heavy atom. The van der Waals surface area contributed by atoms with Gasteiger partial charge in [0.15, 0.2) is 0 Å². The molecule has 0 rings (SSSR count). The number of ether oxygens (including phenoxy) is 1. The molecule has 0 bridgehead atoms. The molecule has 1 nitrogen and oxygen atoms in total. The summed E-state index contributed by atoms with van der Waals surface area (Å²) < 4.78 is 5.67. The van der Waals surface area contributed by atoms with E-state index in [0.717, 1.165) is 13.0 Å². The second-order valence-corrected chi connectivity index (χ2v) is 5.39. The topological polar surface area (TPSA) is 9.23 Å². The number of hydrogen-bond acceptors (Lipinski definition) is 1. The van der Waals surface area contributed by atoms with Gasteiger partial charge in [0.1, 0.15) is 0 Å². The van der Waals surface area contributed by atoms with Crippen molar-refractivity contribution in [2.45, 2.75) is 77.7 Å². The Morgan fingerprint density at radius 1 is 0.875 bits per heavy atom. The fourth-order valence-corrected chi connectivity index (χ4v) is 1.59. The molecule has 0 fully saturated rings. The minimum Gasteiger partial charge on any atom is -0.376 e. The molecule has 0 aromatic carbocycles. The molecule has 16 heavy (non-hydrogen) atoms. The Bertz CT molecular complexity index is 183. The van der Waals surface area contributed by atoms with Gasteiger partial charge in [0.2, 0.25) is 0 Å². The molecule has 0 spiro atoms. The zero-order valence-electron chi connectivity index (χ0n) is 11.3. The summed E-state index contributed by atoms with van der Waals surface area (Å²) in [5, 5.41) is 0. The first kappa shape index (κ1) is 15.5. The van der Waals surface area contributed by atoms with Crippen LogP contribution in [0.2, 0.25) is 0 Å². The van der Waals surface area contributed by atoms with Crippen LogP contribution >= 0.6 is 0 Å². The highest BCUT2D eigenvalue weighted by Crippen LogP contribution is 2.11. The largest absolute Gasteiger partial charge is 0.376 e. The van der Waals surface area contributed by atoms with Gasteiger partial charge in [-0.25, -0.2) is 0 Å². The smallest absolute Gasteiger partial charge is 0.0598 e. The molecule has 0 radical (unpaired) electrons. The standard InChI is InChI=1S/C15H28O/c1-5-6-7-8-9-10-11-12-13-14-16-15(2,3)4/h1H,6-14H2,2-4H3. The molecule has 0 aliphatic carbocycles. The van der Waals surface area contributed by atoms with Crippen molar-refractivity contribution in [3.63, 3.8) is 0 Å². The highest BCUT2D eigenvalue weighted by Gasteiger charge is 2.08. The van der Waals surface area contributed by atoms with Gasteiger partial charge >= 0.3 is 0 Å². The van der Waals surface area contributed by atoms with Gasteiger partial charge in [0, 0.05) is 13.0 Å². The Morgan fingerprint density at radius 3 is 1.88 bits per heavy atom. The summed E-state index contributed by atoms with van der Waals surface area (Å²) >= 11 is 0. The molecule has 0 aromatic rings. The molecule has 0 atom stereocenters. The number of rotatable bonds is 9. The SMILES string of the molecule is C#CCCCCCCCCCOC(C)(C)C. The van der Waals surface area contributed by atoms with E-state index in [-0.39, 0.29) is 5.60 Å². The summed E-state index contributed by atoms with van der Waals surface area (Å²) in [5.41, 5.74) is 0.0230. The lowest BCUT2D eigenvalue weighted by Gasteiger charge is -2.19. The van der Waals surface area contributed by atoms with Crippen molar-refractivity contribution >= 4 is 0 Å². The second kappa shape index (κ2) is 9.73. The van der Waals surface area contributed by atoms with Crippen LogP contribution in [0.15, 0.2) is 0 Å². The van der Waals surface area contributed by atoms with Crippen molar-refractivity contribution in [3.05, 3.63) is 0 Å². The third-order valence-corrected chi connectivity index (χ3v) is 2.50. The third kappa shape index (κ3) is 13.5. The van der Waals surface area contributed by atoms with Gasteiger partial charge in [-0.15, -0.1) is 12.3 Å². The molecule has 0 aliphatic rings. The van der Waals surface area contributed by atoms with Crippen molar-refractivity contribution < 1.29 is 4.74 Å². The Labute approximate surface area is 102 Å². The normalized spacial score (nSPS) is 11.4. The van der Waals surface area contributed by atoms with E-state index >= 15 is 0 Å². The summed E-state index contributed by atoms with van der Waals surface area (Å²) in [6, 6.07) is 0. The monoisotopic (exact) mass is 224 g/mol. The van der Waals surface area contributed by atoms with Gasteiger partial charge in [-0.2, -0.15) is 0 Å². The maximum Gasteiger partial charge on any atom is 0.0598 e. The fraction of sp³-hybridized carbons (Fsp3) is 0.867. The molecule has 0 heterocycles. The van der Waals surface area contributed by atoms with Gasteiger partial charge < -0.3 is 4.74 Å². The lowest BCUT2D eigenvalue weighted by Crippen LogP contribution is -2.19. The molecule has 1 heteroatoms. The Hall–Kier alpha value is -0.480. The van der Waals surface area contributed by atoms with Crippen molar-refractivity contribution in [1.29, 1.82) is 0 Å². The first-order valence-corrected chi connectivity index (χ1v) is 6.64. The minimum atomic E-state index is 0.0230. The summed E-state index contributed by atoms with van der Waals surface area (Å²) in [6.07, 6.45) is 15.1. The van der Waals surface area contributed by atoms with Crippen LogP contribution in [0.1, 0.15) is 72.1 Å². The van der Waals surface area contributed by atoms with Crippen LogP contribution in [0.5, 0.6) is 0 Å². The van der Waals surface area contributed by atoms with Crippen LogP contribution in [0, 0.1) is 12.3 Å². The lowest BCUT2D eigenvalue weighted by molar-refractivity contribution is -0.00474. The van der Waals surface area contributed by atoms with Crippen LogP contribution in [0.3, 0.4) is 0 Å². The van der Waals surface area contributed by atoms with Gasteiger partial charge in [-0.3, -0.25) is 0 Å². The molecular formula is C15H28O. The van der Waals surface area contributed by atoms with Crippen molar-refractivity contribution in [1.82, 2.24) is 0 Å². The van der Waals surface area contributed by atoms with Crippen molar-refractivity contribution in [2.75, 3.05) is 6.61 Å². The minimum absolute atomic E-state index is 0.0230. The highest BCUT2D eigenvalue weighted by atomic mass is 16.5. The number of unbranched alkanes of at least 4 members (excludes halogenated alkanes) is 7. The van der Waals surface area contributed by atoms with E-state index in [4.69, 9.17) is 11.2 Å².